The van der Waals surface area contributed by atoms with Gasteiger partial charge in [-0.25, -0.2) is 0 Å². The summed E-state index contributed by atoms with van der Waals surface area (Å²) >= 11 is 0. The molecule has 0 aliphatic rings. The number of rotatable bonds is 5. The van der Waals surface area contributed by atoms with Crippen LogP contribution in [-0.2, 0) is 0 Å². The van der Waals surface area contributed by atoms with E-state index in [0.717, 1.165) is 6.42 Å². The lowest BCUT2D eigenvalue weighted by Crippen LogP contribution is -2.01. The molecule has 0 aromatic carbocycles. The standard InChI is InChI=1S/C8H17N/c1-3-4-5-6-8(2)7-9/h2-7,9H2,1H3. The summed E-state index contributed by atoms with van der Waals surface area (Å²) in [5.74, 6) is 0. The molecule has 0 atom stereocenters. The van der Waals surface area contributed by atoms with E-state index in [4.69, 9.17) is 5.73 Å². The van der Waals surface area contributed by atoms with Gasteiger partial charge in [0.25, 0.3) is 0 Å². The molecule has 0 rings (SSSR count). The molecular weight excluding hydrogens is 110 g/mol. The topological polar surface area (TPSA) is 26.0 Å². The summed E-state index contributed by atoms with van der Waals surface area (Å²) in [4.78, 5) is 0. The lowest BCUT2D eigenvalue weighted by molar-refractivity contribution is 0.708. The van der Waals surface area contributed by atoms with E-state index in [1.807, 2.05) is 0 Å². The van der Waals surface area contributed by atoms with Crippen molar-refractivity contribution in [2.24, 2.45) is 5.73 Å². The number of nitrogens with two attached hydrogens (primary N) is 1. The molecule has 0 aliphatic carbocycles. The fourth-order valence-corrected chi connectivity index (χ4v) is 0.727. The van der Waals surface area contributed by atoms with Crippen LogP contribution in [0, 0.1) is 0 Å². The molecule has 54 valence electrons. The van der Waals surface area contributed by atoms with Crippen molar-refractivity contribution in [1.82, 2.24) is 0 Å². The van der Waals surface area contributed by atoms with Crippen LogP contribution in [0.4, 0.5) is 0 Å². The highest BCUT2D eigenvalue weighted by atomic mass is 14.5. The fraction of sp³-hybridized carbons (Fsp3) is 0.750. The smallest absolute Gasteiger partial charge is 0.0134 e. The third-order valence-corrected chi connectivity index (χ3v) is 1.42. The van der Waals surface area contributed by atoms with Gasteiger partial charge in [-0.2, -0.15) is 0 Å². The Morgan fingerprint density at radius 3 is 2.56 bits per heavy atom. The third-order valence-electron chi connectivity index (χ3n) is 1.42. The minimum Gasteiger partial charge on any atom is -0.327 e. The Balaban J connectivity index is 2.97. The number of unbranched alkanes of at least 4 members (excludes halogenated alkanes) is 2. The van der Waals surface area contributed by atoms with Crippen molar-refractivity contribution in [1.29, 1.82) is 0 Å². The SMILES string of the molecule is C=C(CN)CCCCC. The summed E-state index contributed by atoms with van der Waals surface area (Å²) in [6.07, 6.45) is 4.95. The van der Waals surface area contributed by atoms with Gasteiger partial charge in [-0.1, -0.05) is 31.9 Å². The first-order valence-electron chi connectivity index (χ1n) is 3.68. The molecule has 0 amide bonds. The van der Waals surface area contributed by atoms with E-state index < -0.39 is 0 Å². The second-order valence-corrected chi connectivity index (χ2v) is 2.41. The minimum absolute atomic E-state index is 0.656. The van der Waals surface area contributed by atoms with Crippen LogP contribution >= 0.6 is 0 Å². The summed E-state index contributed by atoms with van der Waals surface area (Å²) < 4.78 is 0. The molecule has 0 saturated carbocycles. The molecule has 0 heterocycles. The molecule has 0 spiro atoms. The van der Waals surface area contributed by atoms with Crippen LogP contribution < -0.4 is 5.73 Å². The molecule has 0 aromatic rings. The Hall–Kier alpha value is -0.300. The third kappa shape index (κ3) is 5.57. The first-order chi connectivity index (χ1) is 4.31. The molecule has 0 aliphatic heterocycles. The average Bonchev–Trinajstić information content (AvgIpc) is 1.89. The van der Waals surface area contributed by atoms with Crippen LogP contribution in [-0.4, -0.2) is 6.54 Å². The largest absolute Gasteiger partial charge is 0.327 e. The highest BCUT2D eigenvalue weighted by molar-refractivity contribution is 4.94. The Morgan fingerprint density at radius 2 is 2.11 bits per heavy atom. The monoisotopic (exact) mass is 127 g/mol. The summed E-state index contributed by atoms with van der Waals surface area (Å²) in [6, 6.07) is 0. The van der Waals surface area contributed by atoms with Crippen LogP contribution in [0.1, 0.15) is 32.6 Å². The second-order valence-electron chi connectivity index (χ2n) is 2.41. The Labute approximate surface area is 57.9 Å². The van der Waals surface area contributed by atoms with Crippen molar-refractivity contribution in [2.45, 2.75) is 32.6 Å². The van der Waals surface area contributed by atoms with Gasteiger partial charge in [0.2, 0.25) is 0 Å². The quantitative estimate of drug-likeness (QED) is 0.444. The number of hydrogen-bond donors (Lipinski definition) is 1. The molecule has 1 heteroatoms. The summed E-state index contributed by atoms with van der Waals surface area (Å²) in [5, 5.41) is 0. The molecule has 0 aromatic heterocycles. The molecular formula is C8H17N. The van der Waals surface area contributed by atoms with Crippen LogP contribution in [0.5, 0.6) is 0 Å². The predicted octanol–water partition coefficient (Wildman–Crippen LogP) is 2.08. The molecule has 9 heavy (non-hydrogen) atoms. The van der Waals surface area contributed by atoms with Crippen LogP contribution in [0.15, 0.2) is 12.2 Å². The van der Waals surface area contributed by atoms with Gasteiger partial charge in [-0.05, 0) is 12.8 Å². The van der Waals surface area contributed by atoms with Gasteiger partial charge in [0.1, 0.15) is 0 Å². The van der Waals surface area contributed by atoms with Gasteiger partial charge in [-0.15, -0.1) is 0 Å². The Bertz CT molecular complexity index is 76.6. The average molecular weight is 127 g/mol. The minimum atomic E-state index is 0.656. The van der Waals surface area contributed by atoms with Gasteiger partial charge in [0.05, 0.1) is 0 Å². The first-order valence-corrected chi connectivity index (χ1v) is 3.68. The summed E-state index contributed by atoms with van der Waals surface area (Å²) in [7, 11) is 0. The van der Waals surface area contributed by atoms with Crippen LogP contribution in [0.3, 0.4) is 0 Å². The maximum absolute atomic E-state index is 5.35. The zero-order chi connectivity index (χ0) is 7.11. The van der Waals surface area contributed by atoms with E-state index in [2.05, 4.69) is 13.5 Å². The molecule has 1 nitrogen and oxygen atoms in total. The first kappa shape index (κ1) is 8.70. The van der Waals surface area contributed by atoms with Crippen molar-refractivity contribution in [3.63, 3.8) is 0 Å². The molecule has 0 fully saturated rings. The Morgan fingerprint density at radius 1 is 1.44 bits per heavy atom. The van der Waals surface area contributed by atoms with Crippen molar-refractivity contribution >= 4 is 0 Å². The van der Waals surface area contributed by atoms with E-state index in [9.17, 15) is 0 Å². The normalized spacial score (nSPS) is 9.56. The lowest BCUT2D eigenvalue weighted by Gasteiger charge is -1.99. The van der Waals surface area contributed by atoms with Crippen molar-refractivity contribution < 1.29 is 0 Å². The van der Waals surface area contributed by atoms with Crippen molar-refractivity contribution in [3.05, 3.63) is 12.2 Å². The lowest BCUT2D eigenvalue weighted by atomic mass is 10.1. The zero-order valence-corrected chi connectivity index (χ0v) is 6.32. The highest BCUT2D eigenvalue weighted by Crippen LogP contribution is 2.04. The van der Waals surface area contributed by atoms with Crippen LogP contribution in [0.2, 0.25) is 0 Å². The molecule has 0 bridgehead atoms. The van der Waals surface area contributed by atoms with E-state index >= 15 is 0 Å². The molecule has 0 saturated heterocycles. The number of hydrogen-bond acceptors (Lipinski definition) is 1. The second kappa shape index (κ2) is 5.83. The molecule has 0 unspecified atom stereocenters. The van der Waals surface area contributed by atoms with E-state index in [0.29, 0.717) is 6.54 Å². The van der Waals surface area contributed by atoms with Crippen molar-refractivity contribution in [3.8, 4) is 0 Å². The fourth-order valence-electron chi connectivity index (χ4n) is 0.727. The van der Waals surface area contributed by atoms with Gasteiger partial charge in [0, 0.05) is 6.54 Å². The Kier molecular flexibility index (Phi) is 5.64. The van der Waals surface area contributed by atoms with Gasteiger partial charge < -0.3 is 5.73 Å². The highest BCUT2D eigenvalue weighted by Gasteiger charge is 1.88. The maximum Gasteiger partial charge on any atom is 0.0134 e. The van der Waals surface area contributed by atoms with E-state index in [1.54, 1.807) is 0 Å². The molecule has 2 N–H and O–H groups in total. The van der Waals surface area contributed by atoms with Gasteiger partial charge in [-0.3, -0.25) is 0 Å². The van der Waals surface area contributed by atoms with Crippen molar-refractivity contribution in [2.75, 3.05) is 6.54 Å². The van der Waals surface area contributed by atoms with E-state index in [1.165, 1.54) is 24.8 Å². The predicted molar refractivity (Wildman–Crippen MR) is 42.3 cm³/mol. The van der Waals surface area contributed by atoms with Gasteiger partial charge >= 0.3 is 0 Å². The van der Waals surface area contributed by atoms with Crippen LogP contribution in [0.25, 0.3) is 0 Å². The maximum atomic E-state index is 5.35. The summed E-state index contributed by atoms with van der Waals surface area (Å²) in [6.45, 7) is 6.68. The zero-order valence-electron chi connectivity index (χ0n) is 6.32. The summed E-state index contributed by atoms with van der Waals surface area (Å²) in [5.41, 5.74) is 6.54. The van der Waals surface area contributed by atoms with E-state index in [-0.39, 0.29) is 0 Å². The van der Waals surface area contributed by atoms with Gasteiger partial charge in [0.15, 0.2) is 0 Å². The molecule has 0 radical (unpaired) electrons.